The molecule has 22 heavy (non-hydrogen) atoms. The molecule has 0 radical (unpaired) electrons. The Bertz CT molecular complexity index is 681. The third kappa shape index (κ3) is 3.82. The molecule has 6 nitrogen and oxygen atoms in total. The van der Waals surface area contributed by atoms with E-state index in [0.717, 1.165) is 5.69 Å². The summed E-state index contributed by atoms with van der Waals surface area (Å²) in [6, 6.07) is 13.6. The molecule has 0 aliphatic rings. The van der Waals surface area contributed by atoms with Crippen molar-refractivity contribution in [1.29, 1.82) is 0 Å². The van der Waals surface area contributed by atoms with Gasteiger partial charge in [0.05, 0.1) is 11.3 Å². The number of hydrogen-bond donors (Lipinski definition) is 1. The topological polar surface area (TPSA) is 75.5 Å². The van der Waals surface area contributed by atoms with Gasteiger partial charge in [-0.15, -0.1) is 0 Å². The first kappa shape index (κ1) is 15.5. The van der Waals surface area contributed by atoms with Gasteiger partial charge in [-0.1, -0.05) is 18.2 Å². The van der Waals surface area contributed by atoms with Crippen molar-refractivity contribution < 1.29 is 9.72 Å². The third-order valence-corrected chi connectivity index (χ3v) is 3.21. The summed E-state index contributed by atoms with van der Waals surface area (Å²) in [5, 5.41) is 13.7. The second kappa shape index (κ2) is 6.71. The van der Waals surface area contributed by atoms with Crippen molar-refractivity contribution in [3.8, 4) is 0 Å². The van der Waals surface area contributed by atoms with E-state index < -0.39 is 4.92 Å². The first-order valence-electron chi connectivity index (χ1n) is 6.77. The van der Waals surface area contributed by atoms with Crippen molar-refractivity contribution >= 4 is 23.0 Å². The first-order valence-corrected chi connectivity index (χ1v) is 6.77. The van der Waals surface area contributed by atoms with Gasteiger partial charge < -0.3 is 10.2 Å². The number of anilines is 2. The van der Waals surface area contributed by atoms with Gasteiger partial charge in [-0.3, -0.25) is 14.9 Å². The molecule has 0 bridgehead atoms. The summed E-state index contributed by atoms with van der Waals surface area (Å²) in [5.74, 6) is -0.285. The maximum absolute atomic E-state index is 12.0. The summed E-state index contributed by atoms with van der Waals surface area (Å²) in [6.45, 7) is 0. The number of nitro groups is 1. The number of nitro benzene ring substituents is 1. The molecule has 2 rings (SSSR count). The molecule has 0 spiro atoms. The molecule has 0 aliphatic heterocycles. The lowest BCUT2D eigenvalue weighted by molar-refractivity contribution is -0.385. The second-order valence-corrected chi connectivity index (χ2v) is 5.05. The molecule has 0 fully saturated rings. The molecule has 0 saturated carbocycles. The van der Waals surface area contributed by atoms with Gasteiger partial charge in [-0.2, -0.15) is 0 Å². The van der Waals surface area contributed by atoms with E-state index in [1.54, 1.807) is 30.3 Å². The van der Waals surface area contributed by atoms with Crippen LogP contribution in [0.3, 0.4) is 0 Å². The van der Waals surface area contributed by atoms with Crippen molar-refractivity contribution in [2.24, 2.45) is 0 Å². The normalized spacial score (nSPS) is 10.1. The number of hydrogen-bond acceptors (Lipinski definition) is 4. The zero-order valence-electron chi connectivity index (χ0n) is 12.4. The Labute approximate surface area is 128 Å². The molecule has 2 aromatic carbocycles. The Balaban J connectivity index is 2.06. The van der Waals surface area contributed by atoms with Crippen LogP contribution in [0.25, 0.3) is 0 Å². The molecular weight excluding hydrogens is 282 g/mol. The van der Waals surface area contributed by atoms with Gasteiger partial charge in [0, 0.05) is 37.1 Å². The Morgan fingerprint density at radius 3 is 2.36 bits per heavy atom. The lowest BCUT2D eigenvalue weighted by Crippen LogP contribution is -2.15. The van der Waals surface area contributed by atoms with Crippen molar-refractivity contribution in [3.05, 3.63) is 64.2 Å². The molecule has 0 aromatic heterocycles. The van der Waals surface area contributed by atoms with Gasteiger partial charge in [-0.25, -0.2) is 0 Å². The SMILES string of the molecule is CN(C)c1ccc(NC(=O)Cc2ccccc2[N+](=O)[O-])cc1. The fraction of sp³-hybridized carbons (Fsp3) is 0.188. The van der Waals surface area contributed by atoms with E-state index in [2.05, 4.69) is 5.32 Å². The zero-order valence-corrected chi connectivity index (χ0v) is 12.4. The van der Waals surface area contributed by atoms with Crippen LogP contribution in [0.1, 0.15) is 5.56 Å². The van der Waals surface area contributed by atoms with Gasteiger partial charge in [0.15, 0.2) is 0 Å². The number of carbonyl (C=O) groups excluding carboxylic acids is 1. The first-order chi connectivity index (χ1) is 10.5. The van der Waals surface area contributed by atoms with Crippen molar-refractivity contribution in [2.45, 2.75) is 6.42 Å². The fourth-order valence-corrected chi connectivity index (χ4v) is 2.06. The highest BCUT2D eigenvalue weighted by molar-refractivity contribution is 5.93. The Morgan fingerprint density at radius 2 is 1.77 bits per heavy atom. The average molecular weight is 299 g/mol. The summed E-state index contributed by atoms with van der Waals surface area (Å²) in [7, 11) is 3.87. The number of carbonyl (C=O) groups is 1. The number of rotatable bonds is 5. The van der Waals surface area contributed by atoms with E-state index in [1.165, 1.54) is 6.07 Å². The van der Waals surface area contributed by atoms with E-state index in [4.69, 9.17) is 0 Å². The van der Waals surface area contributed by atoms with Crippen LogP contribution in [0.2, 0.25) is 0 Å². The van der Waals surface area contributed by atoms with E-state index in [1.807, 2.05) is 31.1 Å². The Kier molecular flexibility index (Phi) is 4.73. The smallest absolute Gasteiger partial charge is 0.273 e. The molecular formula is C16H17N3O3. The Hall–Kier alpha value is -2.89. The number of benzene rings is 2. The van der Waals surface area contributed by atoms with Crippen LogP contribution in [0.15, 0.2) is 48.5 Å². The zero-order chi connectivity index (χ0) is 16.1. The quantitative estimate of drug-likeness (QED) is 0.680. The second-order valence-electron chi connectivity index (χ2n) is 5.05. The minimum Gasteiger partial charge on any atom is -0.378 e. The number of nitrogens with zero attached hydrogens (tertiary/aromatic N) is 2. The average Bonchev–Trinajstić information content (AvgIpc) is 2.48. The minimum atomic E-state index is -0.478. The summed E-state index contributed by atoms with van der Waals surface area (Å²) in [6.07, 6.45) is -0.0351. The minimum absolute atomic E-state index is 0.0351. The van der Waals surface area contributed by atoms with Gasteiger partial charge in [0.1, 0.15) is 0 Å². The largest absolute Gasteiger partial charge is 0.378 e. The number of para-hydroxylation sites is 1. The van der Waals surface area contributed by atoms with Crippen LogP contribution >= 0.6 is 0 Å². The molecule has 0 heterocycles. The molecule has 1 amide bonds. The molecule has 1 N–H and O–H groups in total. The predicted molar refractivity (Wildman–Crippen MR) is 86.2 cm³/mol. The maximum Gasteiger partial charge on any atom is 0.273 e. The lowest BCUT2D eigenvalue weighted by atomic mass is 10.1. The molecule has 0 atom stereocenters. The summed E-state index contributed by atoms with van der Waals surface area (Å²) in [5.41, 5.74) is 2.04. The molecule has 0 unspecified atom stereocenters. The standard InChI is InChI=1S/C16H17N3O3/c1-18(2)14-9-7-13(8-10-14)17-16(20)11-12-5-3-4-6-15(12)19(21)22/h3-10H,11H2,1-2H3,(H,17,20). The van der Waals surface area contributed by atoms with Gasteiger partial charge >= 0.3 is 0 Å². The highest BCUT2D eigenvalue weighted by Crippen LogP contribution is 2.19. The molecule has 0 aliphatic carbocycles. The van der Waals surface area contributed by atoms with Crippen LogP contribution in [0, 0.1) is 10.1 Å². The van der Waals surface area contributed by atoms with Crippen LogP contribution in [0.4, 0.5) is 17.1 Å². The van der Waals surface area contributed by atoms with Gasteiger partial charge in [-0.05, 0) is 24.3 Å². The predicted octanol–water partition coefficient (Wildman–Crippen LogP) is 2.84. The van der Waals surface area contributed by atoms with Crippen LogP contribution in [0.5, 0.6) is 0 Å². The number of nitrogens with one attached hydrogen (secondary N) is 1. The van der Waals surface area contributed by atoms with E-state index in [0.29, 0.717) is 11.3 Å². The lowest BCUT2D eigenvalue weighted by Gasteiger charge is -2.13. The molecule has 2 aromatic rings. The molecule has 6 heteroatoms. The Morgan fingerprint density at radius 1 is 1.14 bits per heavy atom. The maximum atomic E-state index is 12.0. The third-order valence-electron chi connectivity index (χ3n) is 3.21. The van der Waals surface area contributed by atoms with E-state index in [9.17, 15) is 14.9 Å². The van der Waals surface area contributed by atoms with Gasteiger partial charge in [0.25, 0.3) is 5.69 Å². The van der Waals surface area contributed by atoms with Crippen LogP contribution in [-0.4, -0.2) is 24.9 Å². The number of amides is 1. The van der Waals surface area contributed by atoms with Crippen LogP contribution < -0.4 is 10.2 Å². The van der Waals surface area contributed by atoms with Crippen molar-refractivity contribution in [3.63, 3.8) is 0 Å². The van der Waals surface area contributed by atoms with Gasteiger partial charge in [0.2, 0.25) is 5.91 Å². The molecule has 0 saturated heterocycles. The highest BCUT2D eigenvalue weighted by Gasteiger charge is 2.15. The van der Waals surface area contributed by atoms with E-state index >= 15 is 0 Å². The highest BCUT2D eigenvalue weighted by atomic mass is 16.6. The summed E-state index contributed by atoms with van der Waals surface area (Å²) >= 11 is 0. The summed E-state index contributed by atoms with van der Waals surface area (Å²) < 4.78 is 0. The summed E-state index contributed by atoms with van der Waals surface area (Å²) in [4.78, 5) is 24.4. The van der Waals surface area contributed by atoms with Crippen molar-refractivity contribution in [1.82, 2.24) is 0 Å². The fourth-order valence-electron chi connectivity index (χ4n) is 2.06. The van der Waals surface area contributed by atoms with Crippen molar-refractivity contribution in [2.75, 3.05) is 24.3 Å². The monoisotopic (exact) mass is 299 g/mol. The molecule has 114 valence electrons. The van der Waals surface area contributed by atoms with E-state index in [-0.39, 0.29) is 18.0 Å². The van der Waals surface area contributed by atoms with Crippen LogP contribution in [-0.2, 0) is 11.2 Å².